The minimum atomic E-state index is -0.817. The summed E-state index contributed by atoms with van der Waals surface area (Å²) in [5.74, 6) is -0.984. The zero-order valence-electron chi connectivity index (χ0n) is 47.0. The number of unbranched alkanes of at least 4 members (excludes halogenated alkanes) is 32. The van der Waals surface area contributed by atoms with Crippen molar-refractivity contribution in [3.05, 3.63) is 72.9 Å². The molecule has 0 aliphatic heterocycles. The maximum absolute atomic E-state index is 12.8. The molecule has 0 bridgehead atoms. The van der Waals surface area contributed by atoms with Crippen molar-refractivity contribution < 1.29 is 28.6 Å². The molecule has 6 heteroatoms. The van der Waals surface area contributed by atoms with Crippen LogP contribution in [0.15, 0.2) is 72.9 Å². The molecule has 0 fully saturated rings. The lowest BCUT2D eigenvalue weighted by atomic mass is 10.0. The molecule has 71 heavy (non-hydrogen) atoms. The van der Waals surface area contributed by atoms with Crippen LogP contribution in [0.25, 0.3) is 0 Å². The molecule has 0 N–H and O–H groups in total. The average Bonchev–Trinajstić information content (AvgIpc) is 3.37. The van der Waals surface area contributed by atoms with Crippen molar-refractivity contribution in [2.24, 2.45) is 0 Å². The fourth-order valence-corrected chi connectivity index (χ4v) is 8.60. The van der Waals surface area contributed by atoms with E-state index in [1.165, 1.54) is 186 Å². The van der Waals surface area contributed by atoms with E-state index < -0.39 is 6.10 Å². The second-order valence-corrected chi connectivity index (χ2v) is 20.3. The fourth-order valence-electron chi connectivity index (χ4n) is 8.60. The van der Waals surface area contributed by atoms with Gasteiger partial charge in [0, 0.05) is 19.3 Å². The molecule has 0 aromatic rings. The van der Waals surface area contributed by atoms with Gasteiger partial charge in [-0.1, -0.05) is 273 Å². The van der Waals surface area contributed by atoms with E-state index in [1.54, 1.807) is 0 Å². The first-order valence-corrected chi connectivity index (χ1v) is 30.4. The Kier molecular flexibility index (Phi) is 56.8. The van der Waals surface area contributed by atoms with E-state index >= 15 is 0 Å². The van der Waals surface area contributed by atoms with E-state index in [1.807, 2.05) is 6.08 Å². The van der Waals surface area contributed by atoms with E-state index in [9.17, 15) is 14.4 Å². The summed E-state index contributed by atoms with van der Waals surface area (Å²) in [4.78, 5) is 38.2. The molecule has 6 nitrogen and oxygen atoms in total. The Hall–Kier alpha value is -3.15. The van der Waals surface area contributed by atoms with Crippen LogP contribution in [0.2, 0.25) is 0 Å². The molecule has 0 rings (SSSR count). The van der Waals surface area contributed by atoms with Gasteiger partial charge in [0.05, 0.1) is 0 Å². The minimum Gasteiger partial charge on any atom is -0.462 e. The second-order valence-electron chi connectivity index (χ2n) is 20.3. The monoisotopic (exact) mass is 991 g/mol. The number of allylic oxidation sites excluding steroid dienone is 12. The zero-order chi connectivity index (χ0) is 51.4. The van der Waals surface area contributed by atoms with E-state index in [4.69, 9.17) is 14.2 Å². The van der Waals surface area contributed by atoms with Crippen LogP contribution in [0, 0.1) is 0 Å². The summed E-state index contributed by atoms with van der Waals surface area (Å²) in [7, 11) is 0. The third-order valence-electron chi connectivity index (χ3n) is 13.2. The maximum Gasteiger partial charge on any atom is 0.306 e. The molecule has 0 unspecified atom stereocenters. The van der Waals surface area contributed by atoms with Gasteiger partial charge in [0.15, 0.2) is 6.10 Å². The summed E-state index contributed by atoms with van der Waals surface area (Å²) < 4.78 is 16.8. The molecular formula is C65H114O6. The van der Waals surface area contributed by atoms with Gasteiger partial charge in [-0.25, -0.2) is 0 Å². The fraction of sp³-hybridized carbons (Fsp3) is 0.769. The van der Waals surface area contributed by atoms with Gasteiger partial charge in [0.1, 0.15) is 13.2 Å². The second kappa shape index (κ2) is 59.4. The Morgan fingerprint density at radius 1 is 0.282 bits per heavy atom. The Labute approximate surface area is 440 Å². The number of carbonyl (C=O) groups excluding carboxylic acids is 3. The molecule has 0 saturated heterocycles. The van der Waals surface area contributed by atoms with Crippen LogP contribution in [0.3, 0.4) is 0 Å². The standard InChI is InChI=1S/C65H114O6/c1-4-7-10-13-16-19-22-25-28-30-32-34-37-40-43-46-49-52-55-58-64(67)70-61-62(60-69-63(66)57-54-51-48-45-42-39-36-27-24-21-18-15-12-9-6-3)71-65(68)59-56-53-50-47-44-41-38-35-33-31-29-26-23-20-17-14-11-8-5-2/h17,20,26-27,29,33,35-36,41,44,50,53,62H,4-16,18-19,21-25,28,30-32,34,37-40,42-43,45-49,51-52,54-61H2,1-3H3/b20-17-,29-26-,35-33-,36-27-,44-41-,53-50-/t62-/m1/s1. The summed E-state index contributed by atoms with van der Waals surface area (Å²) in [6.07, 6.45) is 76.2. The lowest BCUT2D eigenvalue weighted by Crippen LogP contribution is -2.30. The Bertz CT molecular complexity index is 1320. The van der Waals surface area contributed by atoms with Crippen molar-refractivity contribution in [2.75, 3.05) is 13.2 Å². The van der Waals surface area contributed by atoms with Crippen molar-refractivity contribution in [2.45, 2.75) is 309 Å². The predicted molar refractivity (Wildman–Crippen MR) is 307 cm³/mol. The molecule has 0 radical (unpaired) electrons. The molecule has 0 aromatic carbocycles. The lowest BCUT2D eigenvalue weighted by molar-refractivity contribution is -0.166. The molecular weight excluding hydrogens is 877 g/mol. The van der Waals surface area contributed by atoms with Crippen LogP contribution in [0.5, 0.6) is 0 Å². The molecule has 0 aliphatic carbocycles. The van der Waals surface area contributed by atoms with Crippen LogP contribution in [0.1, 0.15) is 303 Å². The third kappa shape index (κ3) is 57.6. The van der Waals surface area contributed by atoms with Gasteiger partial charge in [-0.2, -0.15) is 0 Å². The normalized spacial score (nSPS) is 12.5. The quantitative estimate of drug-likeness (QED) is 0.0261. The highest BCUT2D eigenvalue weighted by molar-refractivity contribution is 5.71. The number of esters is 3. The molecule has 0 aromatic heterocycles. The van der Waals surface area contributed by atoms with E-state index in [0.29, 0.717) is 19.3 Å². The first-order chi connectivity index (χ1) is 35.0. The summed E-state index contributed by atoms with van der Waals surface area (Å²) in [5.41, 5.74) is 0. The van der Waals surface area contributed by atoms with Gasteiger partial charge in [-0.3, -0.25) is 14.4 Å². The molecule has 0 saturated carbocycles. The molecule has 0 amide bonds. The van der Waals surface area contributed by atoms with Crippen LogP contribution in [-0.2, 0) is 28.6 Å². The van der Waals surface area contributed by atoms with Crippen LogP contribution >= 0.6 is 0 Å². The summed E-state index contributed by atoms with van der Waals surface area (Å²) in [5, 5.41) is 0. The molecule has 410 valence electrons. The van der Waals surface area contributed by atoms with Crippen LogP contribution in [-0.4, -0.2) is 37.2 Å². The van der Waals surface area contributed by atoms with Crippen molar-refractivity contribution in [1.29, 1.82) is 0 Å². The lowest BCUT2D eigenvalue weighted by Gasteiger charge is -2.18. The smallest absolute Gasteiger partial charge is 0.306 e. The molecule has 0 aliphatic rings. The van der Waals surface area contributed by atoms with E-state index in [2.05, 4.69) is 87.6 Å². The highest BCUT2D eigenvalue weighted by Crippen LogP contribution is 2.16. The Balaban J connectivity index is 4.46. The van der Waals surface area contributed by atoms with Gasteiger partial charge in [-0.05, 0) is 83.5 Å². The van der Waals surface area contributed by atoms with Gasteiger partial charge in [0.2, 0.25) is 0 Å². The largest absolute Gasteiger partial charge is 0.462 e. The number of hydrogen-bond acceptors (Lipinski definition) is 6. The van der Waals surface area contributed by atoms with Crippen molar-refractivity contribution in [1.82, 2.24) is 0 Å². The topological polar surface area (TPSA) is 78.9 Å². The van der Waals surface area contributed by atoms with E-state index in [-0.39, 0.29) is 37.5 Å². The Morgan fingerprint density at radius 3 is 0.887 bits per heavy atom. The minimum absolute atomic E-state index is 0.105. The predicted octanol–water partition coefficient (Wildman–Crippen LogP) is 20.5. The van der Waals surface area contributed by atoms with Crippen molar-refractivity contribution in [3.63, 3.8) is 0 Å². The highest BCUT2D eigenvalue weighted by Gasteiger charge is 2.19. The van der Waals surface area contributed by atoms with Crippen molar-refractivity contribution >= 4 is 17.9 Å². The van der Waals surface area contributed by atoms with Gasteiger partial charge < -0.3 is 14.2 Å². The van der Waals surface area contributed by atoms with Crippen LogP contribution < -0.4 is 0 Å². The highest BCUT2D eigenvalue weighted by atomic mass is 16.6. The van der Waals surface area contributed by atoms with Gasteiger partial charge in [-0.15, -0.1) is 0 Å². The number of ether oxygens (including phenoxy) is 3. The molecule has 1 atom stereocenters. The average molecular weight is 992 g/mol. The number of rotatable bonds is 55. The number of carbonyl (C=O) groups is 3. The summed E-state index contributed by atoms with van der Waals surface area (Å²) >= 11 is 0. The van der Waals surface area contributed by atoms with Gasteiger partial charge in [0.25, 0.3) is 0 Å². The zero-order valence-corrected chi connectivity index (χ0v) is 47.0. The Morgan fingerprint density at radius 2 is 0.535 bits per heavy atom. The molecule has 0 spiro atoms. The molecule has 0 heterocycles. The van der Waals surface area contributed by atoms with Crippen LogP contribution in [0.4, 0.5) is 0 Å². The summed E-state index contributed by atoms with van der Waals surface area (Å²) in [6.45, 7) is 6.57. The third-order valence-corrected chi connectivity index (χ3v) is 13.2. The first-order valence-electron chi connectivity index (χ1n) is 30.4. The number of hydrogen-bond donors (Lipinski definition) is 0. The summed E-state index contributed by atoms with van der Waals surface area (Å²) in [6, 6.07) is 0. The van der Waals surface area contributed by atoms with Gasteiger partial charge >= 0.3 is 17.9 Å². The maximum atomic E-state index is 12.8. The SMILES string of the molecule is CCCCC/C=C\C/C=C\C/C=C\C/C=C\C/C=C\CCC(=O)O[C@H](COC(=O)CCCCCCC/C=C\CCCCCCCC)COC(=O)CCCCCCCCCCCCCCCCCCCCC. The van der Waals surface area contributed by atoms with E-state index in [0.717, 1.165) is 70.6 Å². The first kappa shape index (κ1) is 67.8. The van der Waals surface area contributed by atoms with Crippen molar-refractivity contribution in [3.8, 4) is 0 Å².